The fourth-order valence-corrected chi connectivity index (χ4v) is 3.56. The van der Waals surface area contributed by atoms with E-state index in [1.165, 1.54) is 12.1 Å². The highest BCUT2D eigenvalue weighted by molar-refractivity contribution is 5.87. The molecule has 0 aliphatic carbocycles. The molecule has 2 atom stereocenters. The van der Waals surface area contributed by atoms with Crippen LogP contribution >= 0.6 is 0 Å². The van der Waals surface area contributed by atoms with Gasteiger partial charge in [0, 0.05) is 18.1 Å². The maximum Gasteiger partial charge on any atom is 0.416 e. The summed E-state index contributed by atoms with van der Waals surface area (Å²) >= 11 is 0. The van der Waals surface area contributed by atoms with E-state index in [0.29, 0.717) is 34.9 Å². The molecule has 1 aliphatic rings. The molecular weight excluding hydrogens is 381 g/mol. The maximum atomic E-state index is 13.0. The molecule has 0 N–H and O–H groups in total. The molecule has 0 saturated carbocycles. The number of rotatable bonds is 2. The molecule has 29 heavy (non-hydrogen) atoms. The molecule has 0 radical (unpaired) electrons. The van der Waals surface area contributed by atoms with Crippen molar-refractivity contribution >= 4 is 11.2 Å². The summed E-state index contributed by atoms with van der Waals surface area (Å²) in [5, 5.41) is 0. The molecule has 1 fully saturated rings. The lowest BCUT2D eigenvalue weighted by Gasteiger charge is -2.26. The van der Waals surface area contributed by atoms with Gasteiger partial charge < -0.3 is 4.74 Å². The Morgan fingerprint density at radius 1 is 0.966 bits per heavy atom. The Labute approximate surface area is 166 Å². The Balaban J connectivity index is 1.87. The minimum absolute atomic E-state index is 0.105. The Morgan fingerprint density at radius 3 is 2.31 bits per heavy atom. The van der Waals surface area contributed by atoms with Gasteiger partial charge in [-0.15, -0.1) is 0 Å². The average molecular weight is 402 g/mol. The summed E-state index contributed by atoms with van der Waals surface area (Å²) < 4.78 is 44.5. The normalized spacial score (nSPS) is 20.2. The van der Waals surface area contributed by atoms with Gasteiger partial charge in [-0.3, -0.25) is 0 Å². The Kier molecular flexibility index (Phi) is 4.98. The summed E-state index contributed by atoms with van der Waals surface area (Å²) in [6, 6.07) is 4.98. The Morgan fingerprint density at radius 2 is 1.66 bits per heavy atom. The fourth-order valence-electron chi connectivity index (χ4n) is 3.56. The smallest absolute Gasteiger partial charge is 0.378 e. The molecule has 0 amide bonds. The van der Waals surface area contributed by atoms with Gasteiger partial charge in [0.15, 0.2) is 5.65 Å². The monoisotopic (exact) mass is 402 g/mol. The van der Waals surface area contributed by atoms with E-state index in [9.17, 15) is 13.2 Å². The molecule has 152 valence electrons. The van der Waals surface area contributed by atoms with Crippen LogP contribution in [0.5, 0.6) is 0 Å². The molecule has 5 nitrogen and oxygen atoms in total. The van der Waals surface area contributed by atoms with Gasteiger partial charge in [-0.2, -0.15) is 13.2 Å². The molecule has 0 spiro atoms. The third kappa shape index (κ3) is 3.94. The number of halogens is 3. The molecule has 4 rings (SSSR count). The van der Waals surface area contributed by atoms with Gasteiger partial charge >= 0.3 is 6.18 Å². The second-order valence-corrected chi connectivity index (χ2v) is 7.47. The van der Waals surface area contributed by atoms with E-state index < -0.39 is 11.7 Å². The van der Waals surface area contributed by atoms with Gasteiger partial charge in [0.05, 0.1) is 23.1 Å². The number of hydrogen-bond acceptors (Lipinski definition) is 5. The van der Waals surface area contributed by atoms with Crippen LogP contribution in [0.25, 0.3) is 22.4 Å². The SMILES string of the molecule is Cc1nc2nc(C3CCOC(C)C3)nc(-c3ccc(C(F)(F)F)cc3)c2nc1C. The highest BCUT2D eigenvalue weighted by Gasteiger charge is 2.30. The van der Waals surface area contributed by atoms with Crippen molar-refractivity contribution in [2.75, 3.05) is 6.61 Å². The topological polar surface area (TPSA) is 60.8 Å². The van der Waals surface area contributed by atoms with Crippen molar-refractivity contribution in [3.05, 3.63) is 47.0 Å². The predicted octanol–water partition coefficient (Wildman–Crippen LogP) is 5.00. The molecule has 8 heteroatoms. The van der Waals surface area contributed by atoms with E-state index in [1.807, 2.05) is 20.8 Å². The fraction of sp³-hybridized carbons (Fsp3) is 0.429. The van der Waals surface area contributed by atoms with Gasteiger partial charge in [0.25, 0.3) is 0 Å². The van der Waals surface area contributed by atoms with Gasteiger partial charge in [-0.1, -0.05) is 12.1 Å². The van der Waals surface area contributed by atoms with Crippen LogP contribution in [0, 0.1) is 13.8 Å². The zero-order valence-electron chi connectivity index (χ0n) is 16.4. The number of benzene rings is 1. The van der Waals surface area contributed by atoms with Gasteiger partial charge in [0.1, 0.15) is 17.0 Å². The first-order valence-corrected chi connectivity index (χ1v) is 9.54. The van der Waals surface area contributed by atoms with Gasteiger partial charge in [0.2, 0.25) is 0 Å². The summed E-state index contributed by atoms with van der Waals surface area (Å²) in [6.07, 6.45) is -2.70. The molecule has 1 aliphatic heterocycles. The zero-order valence-corrected chi connectivity index (χ0v) is 16.4. The average Bonchev–Trinajstić information content (AvgIpc) is 2.68. The number of hydrogen-bond donors (Lipinski definition) is 0. The van der Waals surface area contributed by atoms with E-state index in [2.05, 4.69) is 15.0 Å². The summed E-state index contributed by atoms with van der Waals surface area (Å²) in [5.41, 5.74) is 2.83. The standard InChI is InChI=1S/C21H21F3N4O/c1-11-10-15(8-9-29-11)19-27-17(14-4-6-16(7-5-14)21(22,23)24)18-20(28-19)26-13(3)12(2)25-18/h4-7,11,15H,8-10H2,1-3H3. The highest BCUT2D eigenvalue weighted by atomic mass is 19.4. The van der Waals surface area contributed by atoms with Crippen LogP contribution in [0.3, 0.4) is 0 Å². The first-order chi connectivity index (χ1) is 13.7. The van der Waals surface area contributed by atoms with Crippen molar-refractivity contribution in [1.29, 1.82) is 0 Å². The van der Waals surface area contributed by atoms with Crippen molar-refractivity contribution in [2.24, 2.45) is 0 Å². The van der Waals surface area contributed by atoms with E-state index in [0.717, 1.165) is 36.4 Å². The quantitative estimate of drug-likeness (QED) is 0.603. The summed E-state index contributed by atoms with van der Waals surface area (Å²) in [4.78, 5) is 18.6. The number of ether oxygens (including phenoxy) is 1. The minimum atomic E-state index is -4.39. The molecule has 1 aromatic carbocycles. The van der Waals surface area contributed by atoms with Crippen molar-refractivity contribution in [2.45, 2.75) is 51.8 Å². The second kappa shape index (κ2) is 7.33. The van der Waals surface area contributed by atoms with Crippen LogP contribution in [0.2, 0.25) is 0 Å². The largest absolute Gasteiger partial charge is 0.416 e. The van der Waals surface area contributed by atoms with Crippen molar-refractivity contribution in [3.63, 3.8) is 0 Å². The summed E-state index contributed by atoms with van der Waals surface area (Å²) in [7, 11) is 0. The maximum absolute atomic E-state index is 13.0. The van der Waals surface area contributed by atoms with E-state index in [-0.39, 0.29) is 12.0 Å². The van der Waals surface area contributed by atoms with Crippen molar-refractivity contribution in [1.82, 2.24) is 19.9 Å². The summed E-state index contributed by atoms with van der Waals surface area (Å²) in [5.74, 6) is 0.750. The highest BCUT2D eigenvalue weighted by Crippen LogP contribution is 2.34. The Bertz CT molecular complexity index is 1050. The lowest BCUT2D eigenvalue weighted by atomic mass is 9.95. The molecular formula is C21H21F3N4O. The van der Waals surface area contributed by atoms with Crippen LogP contribution in [0.4, 0.5) is 13.2 Å². The van der Waals surface area contributed by atoms with Gasteiger partial charge in [-0.05, 0) is 45.7 Å². The van der Waals surface area contributed by atoms with Crippen LogP contribution in [-0.4, -0.2) is 32.6 Å². The van der Waals surface area contributed by atoms with E-state index in [1.54, 1.807) is 0 Å². The van der Waals surface area contributed by atoms with Crippen molar-refractivity contribution in [3.8, 4) is 11.3 Å². The molecule has 2 aromatic heterocycles. The van der Waals surface area contributed by atoms with Crippen LogP contribution in [0.1, 0.15) is 48.5 Å². The first kappa shape index (κ1) is 19.7. The lowest BCUT2D eigenvalue weighted by molar-refractivity contribution is -0.137. The number of aromatic nitrogens is 4. The van der Waals surface area contributed by atoms with E-state index in [4.69, 9.17) is 9.72 Å². The van der Waals surface area contributed by atoms with Crippen LogP contribution < -0.4 is 0 Å². The second-order valence-electron chi connectivity index (χ2n) is 7.47. The predicted molar refractivity (Wildman–Crippen MR) is 102 cm³/mol. The van der Waals surface area contributed by atoms with E-state index >= 15 is 0 Å². The third-order valence-corrected chi connectivity index (χ3v) is 5.30. The van der Waals surface area contributed by atoms with Crippen molar-refractivity contribution < 1.29 is 17.9 Å². The third-order valence-electron chi connectivity index (χ3n) is 5.30. The zero-order chi connectivity index (χ0) is 20.8. The minimum Gasteiger partial charge on any atom is -0.378 e. The molecule has 1 saturated heterocycles. The van der Waals surface area contributed by atoms with Gasteiger partial charge in [-0.25, -0.2) is 19.9 Å². The number of fused-ring (bicyclic) bond motifs is 1. The van der Waals surface area contributed by atoms with Crippen LogP contribution in [-0.2, 0) is 10.9 Å². The Hall–Kier alpha value is -2.61. The number of nitrogens with zero attached hydrogens (tertiary/aromatic N) is 4. The number of alkyl halides is 3. The van der Waals surface area contributed by atoms with Crippen LogP contribution in [0.15, 0.2) is 24.3 Å². The molecule has 2 unspecified atom stereocenters. The number of aryl methyl sites for hydroxylation is 2. The molecule has 0 bridgehead atoms. The first-order valence-electron chi connectivity index (χ1n) is 9.54. The molecule has 3 aromatic rings. The molecule has 3 heterocycles. The summed E-state index contributed by atoms with van der Waals surface area (Å²) in [6.45, 7) is 6.34. The lowest BCUT2D eigenvalue weighted by Crippen LogP contribution is -2.23.